The predicted octanol–water partition coefficient (Wildman–Crippen LogP) is 3.34. The van der Waals surface area contributed by atoms with Crippen LogP contribution in [0.3, 0.4) is 0 Å². The van der Waals surface area contributed by atoms with Crippen molar-refractivity contribution >= 4 is 35.0 Å². The van der Waals surface area contributed by atoms with Gasteiger partial charge in [0.1, 0.15) is 5.82 Å². The molecule has 2 amide bonds. The molecule has 8 heteroatoms. The fraction of sp³-hybridized carbons (Fsp3) is 0.238. The van der Waals surface area contributed by atoms with Crippen molar-refractivity contribution in [2.75, 3.05) is 16.4 Å². The lowest BCUT2D eigenvalue weighted by Crippen LogP contribution is -2.17. The third-order valence-electron chi connectivity index (χ3n) is 4.42. The monoisotopic (exact) mass is 409 g/mol. The number of hydrogen-bond acceptors (Lipinski definition) is 5. The predicted molar refractivity (Wildman–Crippen MR) is 115 cm³/mol. The van der Waals surface area contributed by atoms with Gasteiger partial charge >= 0.3 is 0 Å². The Balaban J connectivity index is 1.53. The molecule has 0 atom stereocenters. The van der Waals surface area contributed by atoms with Gasteiger partial charge in [0, 0.05) is 18.4 Å². The summed E-state index contributed by atoms with van der Waals surface area (Å²) in [6, 6.07) is 15.1. The molecular formula is C21H23N5O2S. The van der Waals surface area contributed by atoms with Crippen molar-refractivity contribution in [1.29, 1.82) is 0 Å². The van der Waals surface area contributed by atoms with Crippen molar-refractivity contribution in [3.05, 3.63) is 65.5 Å². The number of carbonyl (C=O) groups excluding carboxylic acids is 2. The first-order chi connectivity index (χ1) is 13.9. The van der Waals surface area contributed by atoms with Gasteiger partial charge in [-0.05, 0) is 49.2 Å². The van der Waals surface area contributed by atoms with Crippen LogP contribution in [0.15, 0.2) is 53.7 Å². The molecule has 1 aromatic heterocycles. The van der Waals surface area contributed by atoms with E-state index in [2.05, 4.69) is 20.8 Å². The fourth-order valence-electron chi connectivity index (χ4n) is 2.64. The second-order valence-electron chi connectivity index (χ2n) is 6.68. The Bertz CT molecular complexity index is 1020. The van der Waals surface area contributed by atoms with E-state index in [0.29, 0.717) is 11.0 Å². The van der Waals surface area contributed by atoms with E-state index in [-0.39, 0.29) is 24.0 Å². The first-order valence-corrected chi connectivity index (χ1v) is 10.1. The van der Waals surface area contributed by atoms with Crippen LogP contribution in [0.4, 0.5) is 11.4 Å². The molecule has 0 aliphatic rings. The van der Waals surface area contributed by atoms with Crippen LogP contribution >= 0.6 is 11.8 Å². The highest BCUT2D eigenvalue weighted by Gasteiger charge is 2.14. The summed E-state index contributed by atoms with van der Waals surface area (Å²) in [5, 5.41) is 14.5. The Morgan fingerprint density at radius 2 is 1.66 bits per heavy atom. The Morgan fingerprint density at radius 1 is 0.931 bits per heavy atom. The molecule has 0 unspecified atom stereocenters. The van der Waals surface area contributed by atoms with Crippen LogP contribution in [-0.4, -0.2) is 32.3 Å². The molecule has 0 saturated carbocycles. The number of amides is 2. The molecule has 0 aliphatic heterocycles. The lowest BCUT2D eigenvalue weighted by molar-refractivity contribution is -0.116. The van der Waals surface area contributed by atoms with E-state index >= 15 is 0 Å². The molecule has 3 aromatic rings. The van der Waals surface area contributed by atoms with Gasteiger partial charge in [-0.1, -0.05) is 36.0 Å². The maximum absolute atomic E-state index is 12.2. The Labute approximate surface area is 173 Å². The molecule has 0 aliphatic carbocycles. The van der Waals surface area contributed by atoms with E-state index in [1.165, 1.54) is 17.3 Å². The summed E-state index contributed by atoms with van der Waals surface area (Å²) < 4.78 is 1.73. The summed E-state index contributed by atoms with van der Waals surface area (Å²) in [6.45, 7) is 4.04. The Kier molecular flexibility index (Phi) is 6.66. The van der Waals surface area contributed by atoms with Crippen molar-refractivity contribution < 1.29 is 9.59 Å². The van der Waals surface area contributed by atoms with Crippen LogP contribution in [-0.2, 0) is 23.1 Å². The van der Waals surface area contributed by atoms with Crippen molar-refractivity contribution in [2.24, 2.45) is 7.05 Å². The zero-order valence-electron chi connectivity index (χ0n) is 16.6. The van der Waals surface area contributed by atoms with E-state index in [9.17, 15) is 9.59 Å². The number of aromatic nitrogens is 3. The van der Waals surface area contributed by atoms with Gasteiger partial charge < -0.3 is 15.2 Å². The van der Waals surface area contributed by atoms with Crippen LogP contribution in [0.2, 0.25) is 0 Å². The van der Waals surface area contributed by atoms with Crippen molar-refractivity contribution in [1.82, 2.24) is 14.8 Å². The number of thioether (sulfide) groups is 1. The number of nitrogens with zero attached hydrogens (tertiary/aromatic N) is 3. The molecule has 0 fully saturated rings. The maximum atomic E-state index is 12.2. The fourth-order valence-corrected chi connectivity index (χ4v) is 3.37. The Morgan fingerprint density at radius 3 is 2.38 bits per heavy atom. The number of hydrogen-bond donors (Lipinski definition) is 2. The highest BCUT2D eigenvalue weighted by atomic mass is 32.2. The third kappa shape index (κ3) is 5.68. The maximum Gasteiger partial charge on any atom is 0.234 e. The number of anilines is 2. The molecule has 0 radical (unpaired) electrons. The summed E-state index contributed by atoms with van der Waals surface area (Å²) in [5.41, 5.74) is 3.81. The second-order valence-corrected chi connectivity index (χ2v) is 7.63. The van der Waals surface area contributed by atoms with E-state index in [4.69, 9.17) is 0 Å². The third-order valence-corrected chi connectivity index (χ3v) is 5.44. The molecule has 0 saturated heterocycles. The number of nitrogens with one attached hydrogen (secondary N) is 2. The van der Waals surface area contributed by atoms with Gasteiger partial charge in [-0.25, -0.2) is 0 Å². The van der Waals surface area contributed by atoms with E-state index in [1.54, 1.807) is 11.6 Å². The number of aryl methyl sites for hydroxylation is 2. The average Bonchev–Trinajstić information content (AvgIpc) is 3.03. The summed E-state index contributed by atoms with van der Waals surface area (Å²) in [5.74, 6) is 0.450. The normalized spacial score (nSPS) is 10.6. The van der Waals surface area contributed by atoms with Gasteiger partial charge in [0.05, 0.1) is 12.2 Å². The minimum Gasteiger partial charge on any atom is -0.326 e. The van der Waals surface area contributed by atoms with Gasteiger partial charge in [-0.3, -0.25) is 9.59 Å². The van der Waals surface area contributed by atoms with Crippen molar-refractivity contribution in [3.8, 4) is 0 Å². The average molecular weight is 410 g/mol. The van der Waals surface area contributed by atoms with Crippen LogP contribution in [0, 0.1) is 13.8 Å². The lowest BCUT2D eigenvalue weighted by Gasteiger charge is -2.08. The van der Waals surface area contributed by atoms with Gasteiger partial charge in [0.15, 0.2) is 5.16 Å². The molecule has 3 rings (SSSR count). The number of rotatable bonds is 7. The number of carbonyl (C=O) groups is 2. The highest BCUT2D eigenvalue weighted by molar-refractivity contribution is 7.99. The zero-order chi connectivity index (χ0) is 20.8. The lowest BCUT2D eigenvalue weighted by atomic mass is 10.1. The van der Waals surface area contributed by atoms with Crippen molar-refractivity contribution in [3.63, 3.8) is 0 Å². The molecule has 29 heavy (non-hydrogen) atoms. The largest absolute Gasteiger partial charge is 0.326 e. The highest BCUT2D eigenvalue weighted by Crippen LogP contribution is 2.18. The molecule has 0 spiro atoms. The first-order valence-electron chi connectivity index (χ1n) is 9.15. The zero-order valence-corrected chi connectivity index (χ0v) is 17.4. The second kappa shape index (κ2) is 9.38. The molecule has 1 heterocycles. The molecule has 0 bridgehead atoms. The molecule has 7 nitrogen and oxygen atoms in total. The van der Waals surface area contributed by atoms with Gasteiger partial charge in [0.2, 0.25) is 11.8 Å². The number of para-hydroxylation sites is 1. The molecule has 150 valence electrons. The van der Waals surface area contributed by atoms with Crippen LogP contribution in [0.5, 0.6) is 0 Å². The first kappa shape index (κ1) is 20.6. The standard InChI is InChI=1S/C21H23N5O2S/c1-14-9-10-17(11-15(14)2)23-20(28)13-29-21-25-24-18(26(21)3)12-19(27)22-16-7-5-4-6-8-16/h4-11H,12-13H2,1-3H3,(H,22,27)(H,23,28). The summed E-state index contributed by atoms with van der Waals surface area (Å²) in [6.07, 6.45) is 0.105. The van der Waals surface area contributed by atoms with E-state index in [0.717, 1.165) is 16.9 Å². The van der Waals surface area contributed by atoms with Crippen LogP contribution < -0.4 is 10.6 Å². The topological polar surface area (TPSA) is 88.9 Å². The van der Waals surface area contributed by atoms with Crippen LogP contribution in [0.1, 0.15) is 17.0 Å². The van der Waals surface area contributed by atoms with E-state index < -0.39 is 0 Å². The summed E-state index contributed by atoms with van der Waals surface area (Å²) >= 11 is 1.28. The molecular weight excluding hydrogens is 386 g/mol. The molecule has 2 aromatic carbocycles. The number of benzene rings is 2. The van der Waals surface area contributed by atoms with Crippen molar-refractivity contribution in [2.45, 2.75) is 25.4 Å². The van der Waals surface area contributed by atoms with Gasteiger partial charge in [-0.15, -0.1) is 10.2 Å². The quantitative estimate of drug-likeness (QED) is 0.584. The van der Waals surface area contributed by atoms with Gasteiger partial charge in [0.25, 0.3) is 0 Å². The van der Waals surface area contributed by atoms with E-state index in [1.807, 2.05) is 62.4 Å². The SMILES string of the molecule is Cc1ccc(NC(=O)CSc2nnc(CC(=O)Nc3ccccc3)n2C)cc1C. The summed E-state index contributed by atoms with van der Waals surface area (Å²) in [4.78, 5) is 24.4. The van der Waals surface area contributed by atoms with Gasteiger partial charge in [-0.2, -0.15) is 0 Å². The Hall–Kier alpha value is -3.13. The summed E-state index contributed by atoms with van der Waals surface area (Å²) in [7, 11) is 1.79. The minimum atomic E-state index is -0.171. The van der Waals surface area contributed by atoms with Crippen LogP contribution in [0.25, 0.3) is 0 Å². The smallest absolute Gasteiger partial charge is 0.234 e. The molecule has 2 N–H and O–H groups in total. The minimum absolute atomic E-state index is 0.105.